The van der Waals surface area contributed by atoms with Crippen molar-refractivity contribution in [3.05, 3.63) is 82.0 Å². The minimum Gasteiger partial charge on any atom is -0.290 e. The molecule has 4 aromatic rings. The predicted octanol–water partition coefficient (Wildman–Crippen LogP) is 4.66. The van der Waals surface area contributed by atoms with Crippen LogP contribution in [-0.2, 0) is 23.5 Å². The quantitative estimate of drug-likeness (QED) is 0.276. The van der Waals surface area contributed by atoms with E-state index < -0.39 is 15.4 Å². The third-order valence-electron chi connectivity index (χ3n) is 8.57. The molecule has 1 aromatic carbocycles. The number of nitrogens with zero attached hydrogens (tertiary/aromatic N) is 6. The summed E-state index contributed by atoms with van der Waals surface area (Å²) in [6, 6.07) is 7.33. The Bertz CT molecular complexity index is 1760. The summed E-state index contributed by atoms with van der Waals surface area (Å²) < 4.78 is 46.4. The van der Waals surface area contributed by atoms with Crippen molar-refractivity contribution in [3.8, 4) is 5.69 Å². The fraction of sp³-hybridized carbons (Fsp3) is 0.379. The van der Waals surface area contributed by atoms with Gasteiger partial charge in [-0.2, -0.15) is 14.5 Å². The number of aryl methyl sites for hydroxylation is 1. The minimum absolute atomic E-state index is 0.0359. The lowest BCUT2D eigenvalue weighted by Crippen LogP contribution is -2.51. The number of benzene rings is 1. The van der Waals surface area contributed by atoms with Crippen LogP contribution in [0.15, 0.2) is 64.9 Å². The Hall–Kier alpha value is -3.48. The molecule has 3 aromatic heterocycles. The molecule has 12 heteroatoms. The van der Waals surface area contributed by atoms with Gasteiger partial charge < -0.3 is 0 Å². The number of ketones is 1. The molecule has 212 valence electrons. The molecule has 0 radical (unpaired) electrons. The zero-order valence-corrected chi connectivity index (χ0v) is 24.1. The number of fused-ring (bicyclic) bond motifs is 2. The molecule has 7 rings (SSSR count). The zero-order chi connectivity index (χ0) is 28.4. The van der Waals surface area contributed by atoms with Gasteiger partial charge in [-0.3, -0.25) is 9.48 Å². The summed E-state index contributed by atoms with van der Waals surface area (Å²) in [5.41, 5.74) is 2.51. The fourth-order valence-electron chi connectivity index (χ4n) is 6.31. The van der Waals surface area contributed by atoms with Gasteiger partial charge in [0.15, 0.2) is 10.0 Å². The molecular formula is C29H29FN6O3S2. The van der Waals surface area contributed by atoms with Gasteiger partial charge in [0.25, 0.3) is 10.0 Å². The largest absolute Gasteiger partial charge is 0.290 e. The van der Waals surface area contributed by atoms with Gasteiger partial charge in [0.05, 0.1) is 23.0 Å². The summed E-state index contributed by atoms with van der Waals surface area (Å²) in [5, 5.41) is 11.1. The summed E-state index contributed by atoms with van der Waals surface area (Å²) in [5.74, 6) is -0.0795. The van der Waals surface area contributed by atoms with Crippen molar-refractivity contribution in [2.24, 2.45) is 18.4 Å². The van der Waals surface area contributed by atoms with Crippen LogP contribution in [0.3, 0.4) is 0 Å². The highest BCUT2D eigenvalue weighted by atomic mass is 32.2. The first-order valence-corrected chi connectivity index (χ1v) is 16.1. The highest BCUT2D eigenvalue weighted by Gasteiger charge is 2.52. The maximum absolute atomic E-state index is 14.3. The average molecular weight is 593 g/mol. The Kier molecular flexibility index (Phi) is 6.32. The van der Waals surface area contributed by atoms with E-state index in [0.29, 0.717) is 43.2 Å². The molecule has 3 heterocycles. The normalized spacial score (nSPS) is 22.3. The Morgan fingerprint density at radius 2 is 2.00 bits per heavy atom. The molecule has 3 aliphatic carbocycles. The van der Waals surface area contributed by atoms with Gasteiger partial charge in [0.1, 0.15) is 5.82 Å². The lowest BCUT2D eigenvalue weighted by Gasteiger charge is -2.46. The van der Waals surface area contributed by atoms with E-state index in [1.807, 2.05) is 6.08 Å². The number of thiazole rings is 1. The minimum atomic E-state index is -3.86. The van der Waals surface area contributed by atoms with Crippen LogP contribution in [0.1, 0.15) is 53.2 Å². The highest BCUT2D eigenvalue weighted by Crippen LogP contribution is 2.52. The third kappa shape index (κ3) is 4.58. The second kappa shape index (κ2) is 9.81. The van der Waals surface area contributed by atoms with Gasteiger partial charge in [-0.05, 0) is 86.4 Å². The number of allylic oxidation sites excluding steroid dienone is 1. The topological polar surface area (TPSA) is 103 Å². The van der Waals surface area contributed by atoms with Crippen molar-refractivity contribution >= 4 is 33.2 Å². The Labute approximate surface area is 241 Å². The van der Waals surface area contributed by atoms with Crippen LogP contribution in [-0.4, -0.2) is 55.6 Å². The molecular weight excluding hydrogens is 563 g/mol. The van der Waals surface area contributed by atoms with Crippen molar-refractivity contribution in [2.75, 3.05) is 6.54 Å². The van der Waals surface area contributed by atoms with E-state index in [1.54, 1.807) is 52.1 Å². The second-order valence-corrected chi connectivity index (χ2v) is 14.0. The van der Waals surface area contributed by atoms with Crippen LogP contribution >= 0.6 is 11.3 Å². The fourth-order valence-corrected chi connectivity index (χ4v) is 8.67. The van der Waals surface area contributed by atoms with E-state index in [9.17, 15) is 17.6 Å². The number of aromatic nitrogens is 5. The number of carbonyl (C=O) groups is 1. The number of sulfonamides is 1. The molecule has 0 aliphatic heterocycles. The first-order valence-electron chi connectivity index (χ1n) is 13.7. The van der Waals surface area contributed by atoms with Crippen molar-refractivity contribution < 1.29 is 17.6 Å². The third-order valence-corrected chi connectivity index (χ3v) is 11.2. The second-order valence-electron chi connectivity index (χ2n) is 11.3. The van der Waals surface area contributed by atoms with Gasteiger partial charge in [-0.15, -0.1) is 11.3 Å². The number of hydrogen-bond acceptors (Lipinski definition) is 7. The number of rotatable bonds is 8. The highest BCUT2D eigenvalue weighted by molar-refractivity contribution is 7.89. The van der Waals surface area contributed by atoms with Crippen molar-refractivity contribution in [3.63, 3.8) is 0 Å². The van der Waals surface area contributed by atoms with E-state index >= 15 is 0 Å². The Balaban J connectivity index is 1.30. The zero-order valence-electron chi connectivity index (χ0n) is 22.5. The number of hydrogen-bond donors (Lipinski definition) is 0. The summed E-state index contributed by atoms with van der Waals surface area (Å²) in [7, 11) is -2.16. The molecule has 0 N–H and O–H groups in total. The van der Waals surface area contributed by atoms with Crippen LogP contribution in [0.2, 0.25) is 0 Å². The molecule has 2 fully saturated rings. The van der Waals surface area contributed by atoms with Gasteiger partial charge in [-0.1, -0.05) is 5.57 Å². The Morgan fingerprint density at radius 3 is 2.68 bits per heavy atom. The molecule has 0 bridgehead atoms. The summed E-state index contributed by atoms with van der Waals surface area (Å²) >= 11 is 1.31. The number of Topliss-reactive ketones (excluding diaryl/α,β-unsaturated/α-hetero) is 1. The van der Waals surface area contributed by atoms with Gasteiger partial charge in [-0.25, -0.2) is 22.5 Å². The lowest BCUT2D eigenvalue weighted by atomic mass is 9.61. The summed E-state index contributed by atoms with van der Waals surface area (Å²) in [4.78, 5) is 18.7. The molecule has 0 spiro atoms. The van der Waals surface area contributed by atoms with Gasteiger partial charge in [0.2, 0.25) is 5.78 Å². The lowest BCUT2D eigenvalue weighted by molar-refractivity contribution is 0.0740. The predicted molar refractivity (Wildman–Crippen MR) is 152 cm³/mol. The summed E-state index contributed by atoms with van der Waals surface area (Å²) in [6.07, 6.45) is 11.0. The number of carbonyl (C=O) groups excluding carboxylic acids is 1. The van der Waals surface area contributed by atoms with Gasteiger partial charge in [0, 0.05) is 37.4 Å². The van der Waals surface area contributed by atoms with Crippen LogP contribution in [0, 0.1) is 17.2 Å². The van der Waals surface area contributed by atoms with Crippen molar-refractivity contribution in [1.82, 2.24) is 28.9 Å². The van der Waals surface area contributed by atoms with Crippen LogP contribution in [0.5, 0.6) is 0 Å². The van der Waals surface area contributed by atoms with E-state index in [4.69, 9.17) is 0 Å². The van der Waals surface area contributed by atoms with Crippen LogP contribution in [0.4, 0.5) is 4.39 Å². The van der Waals surface area contributed by atoms with Crippen LogP contribution in [0.25, 0.3) is 11.8 Å². The molecule has 0 amide bonds. The van der Waals surface area contributed by atoms with E-state index in [2.05, 4.69) is 15.2 Å². The molecule has 0 unspecified atom stereocenters. The molecule has 3 aliphatic rings. The van der Waals surface area contributed by atoms with E-state index in [1.165, 1.54) is 34.2 Å². The smallest absolute Gasteiger partial charge is 0.262 e. The van der Waals surface area contributed by atoms with Crippen LogP contribution < -0.4 is 0 Å². The maximum atomic E-state index is 14.3. The number of halogens is 1. The van der Waals surface area contributed by atoms with Gasteiger partial charge >= 0.3 is 0 Å². The first kappa shape index (κ1) is 26.4. The Morgan fingerprint density at radius 1 is 1.20 bits per heavy atom. The molecule has 2 atom stereocenters. The molecule has 2 saturated carbocycles. The monoisotopic (exact) mass is 592 g/mol. The standard InChI is InChI=1S/C29H29FN6O3S2/c1-34-12-10-26(33-34)41(38,39)35(18-19-2-3-19)24-7-4-21-14-25-20(17-32-36(25)23-8-5-22(30)6-9-23)15-29(21,16-24)27(37)28-31-11-13-40-28/h5-6,8-14,17,19,24H,2-4,7,15-16,18H2,1H3/t24-,29-/m0/s1. The van der Waals surface area contributed by atoms with E-state index in [0.717, 1.165) is 35.4 Å². The SMILES string of the molecule is Cn1ccc(S(=O)(=O)N(CC2CC2)[C@H]2CCC3=Cc4c(cnn4-c4ccc(F)cc4)C[C@]3(C(=O)c3nccs3)C2)n1. The first-order chi connectivity index (χ1) is 19.7. The van der Waals surface area contributed by atoms with Crippen molar-refractivity contribution in [2.45, 2.75) is 49.6 Å². The molecule has 9 nitrogen and oxygen atoms in total. The summed E-state index contributed by atoms with van der Waals surface area (Å²) in [6.45, 7) is 0.428. The molecule has 41 heavy (non-hydrogen) atoms. The maximum Gasteiger partial charge on any atom is 0.262 e. The van der Waals surface area contributed by atoms with E-state index in [-0.39, 0.29) is 22.7 Å². The van der Waals surface area contributed by atoms with Crippen molar-refractivity contribution in [1.29, 1.82) is 0 Å². The molecule has 0 saturated heterocycles. The average Bonchev–Trinajstić information content (AvgIpc) is 3.31.